The van der Waals surface area contributed by atoms with Crippen LogP contribution in [0.25, 0.3) is 32.0 Å². The molecule has 2 aromatic carbocycles. The fourth-order valence-electron chi connectivity index (χ4n) is 2.51. The maximum absolute atomic E-state index is 12.7. The molecule has 3 nitrogen and oxygen atoms in total. The Bertz CT molecular complexity index is 997. The third kappa shape index (κ3) is 1.43. The van der Waals surface area contributed by atoms with Crippen LogP contribution in [-0.2, 0) is 0 Å². The van der Waals surface area contributed by atoms with Gasteiger partial charge in [-0.05, 0) is 31.2 Å². The summed E-state index contributed by atoms with van der Waals surface area (Å²) in [5.41, 5.74) is 2.58. The van der Waals surface area contributed by atoms with Gasteiger partial charge in [0.15, 0.2) is 5.43 Å². The molecule has 0 fully saturated rings. The van der Waals surface area contributed by atoms with Crippen molar-refractivity contribution in [2.45, 2.75) is 6.92 Å². The Balaban J connectivity index is 2.36. The van der Waals surface area contributed by atoms with E-state index in [1.165, 1.54) is 0 Å². The summed E-state index contributed by atoms with van der Waals surface area (Å²) in [6, 6.07) is 11.6. The Hall–Kier alpha value is -2.20. The van der Waals surface area contributed by atoms with Crippen molar-refractivity contribution in [3.63, 3.8) is 0 Å². The first-order valence-electron chi connectivity index (χ1n) is 6.05. The lowest BCUT2D eigenvalue weighted by Crippen LogP contribution is -2.04. The third-order valence-electron chi connectivity index (χ3n) is 3.34. The average Bonchev–Trinajstić information content (AvgIpc) is 2.79. The molecule has 1 N–H and O–H groups in total. The molecule has 0 bridgehead atoms. The van der Waals surface area contributed by atoms with Gasteiger partial charge in [-0.1, -0.05) is 12.1 Å². The second kappa shape index (κ2) is 3.65. The van der Waals surface area contributed by atoms with Crippen molar-refractivity contribution in [1.82, 2.24) is 9.97 Å². The van der Waals surface area contributed by atoms with Gasteiger partial charge < -0.3 is 4.98 Å². The Kier molecular flexibility index (Phi) is 2.05. The first-order chi connectivity index (χ1) is 9.24. The highest BCUT2D eigenvalue weighted by Gasteiger charge is 2.11. The highest BCUT2D eigenvalue weighted by molar-refractivity contribution is 7.18. The van der Waals surface area contributed by atoms with E-state index in [9.17, 15) is 4.79 Å². The summed E-state index contributed by atoms with van der Waals surface area (Å²) in [5, 5.41) is 2.39. The monoisotopic (exact) mass is 266 g/mol. The lowest BCUT2D eigenvalue weighted by atomic mass is 10.1. The van der Waals surface area contributed by atoms with Crippen molar-refractivity contribution in [3.05, 3.63) is 51.6 Å². The van der Waals surface area contributed by atoms with Gasteiger partial charge in [0, 0.05) is 10.9 Å². The van der Waals surface area contributed by atoms with E-state index in [2.05, 4.69) is 9.97 Å². The van der Waals surface area contributed by atoms with Crippen molar-refractivity contribution in [2.24, 2.45) is 0 Å². The second-order valence-electron chi connectivity index (χ2n) is 4.57. The number of nitrogens with zero attached hydrogens (tertiary/aromatic N) is 1. The van der Waals surface area contributed by atoms with Gasteiger partial charge in [0.2, 0.25) is 0 Å². The number of H-pyrrole nitrogens is 1. The molecule has 0 aliphatic rings. The molecule has 92 valence electrons. The van der Waals surface area contributed by atoms with Gasteiger partial charge in [0.05, 0.1) is 26.1 Å². The molecule has 0 saturated carbocycles. The molecular weight excluding hydrogens is 256 g/mol. The zero-order valence-corrected chi connectivity index (χ0v) is 11.0. The number of para-hydroxylation sites is 1. The quantitative estimate of drug-likeness (QED) is 0.494. The normalized spacial score (nSPS) is 11.6. The molecule has 4 rings (SSSR count). The van der Waals surface area contributed by atoms with Crippen LogP contribution >= 0.6 is 11.3 Å². The van der Waals surface area contributed by atoms with E-state index in [1.54, 1.807) is 11.3 Å². The third-order valence-corrected chi connectivity index (χ3v) is 4.27. The minimum Gasteiger partial charge on any atom is -0.354 e. The predicted octanol–water partition coefficient (Wildman–Crippen LogP) is 3.60. The minimum atomic E-state index is 0.0558. The Morgan fingerprint density at radius 2 is 1.95 bits per heavy atom. The van der Waals surface area contributed by atoms with Crippen LogP contribution in [0.3, 0.4) is 0 Å². The van der Waals surface area contributed by atoms with Crippen LogP contribution in [0, 0.1) is 6.92 Å². The van der Waals surface area contributed by atoms with Gasteiger partial charge in [0.1, 0.15) is 0 Å². The number of rotatable bonds is 0. The van der Waals surface area contributed by atoms with Gasteiger partial charge in [-0.25, -0.2) is 4.98 Å². The van der Waals surface area contributed by atoms with Gasteiger partial charge in [-0.15, -0.1) is 11.3 Å². The molecule has 0 aliphatic heterocycles. The van der Waals surface area contributed by atoms with Crippen LogP contribution in [0.1, 0.15) is 5.01 Å². The van der Waals surface area contributed by atoms with E-state index in [4.69, 9.17) is 0 Å². The van der Waals surface area contributed by atoms with E-state index in [0.29, 0.717) is 10.8 Å². The first-order valence-corrected chi connectivity index (χ1v) is 6.86. The van der Waals surface area contributed by atoms with Crippen LogP contribution < -0.4 is 5.43 Å². The van der Waals surface area contributed by atoms with Crippen LogP contribution in [-0.4, -0.2) is 9.97 Å². The minimum absolute atomic E-state index is 0.0558. The maximum Gasteiger partial charge on any atom is 0.199 e. The van der Waals surface area contributed by atoms with E-state index in [-0.39, 0.29) is 5.43 Å². The van der Waals surface area contributed by atoms with Crippen LogP contribution in [0.15, 0.2) is 41.2 Å². The Labute approximate surface area is 112 Å². The molecular formula is C15H10N2OS. The molecule has 4 heteroatoms. The molecule has 0 amide bonds. The fourth-order valence-corrected chi connectivity index (χ4v) is 3.34. The summed E-state index contributed by atoms with van der Waals surface area (Å²) in [5.74, 6) is 0. The van der Waals surface area contributed by atoms with Crippen LogP contribution in [0.2, 0.25) is 0 Å². The number of benzene rings is 2. The highest BCUT2D eigenvalue weighted by atomic mass is 32.1. The molecule has 0 spiro atoms. The van der Waals surface area contributed by atoms with Gasteiger partial charge >= 0.3 is 0 Å². The smallest absolute Gasteiger partial charge is 0.199 e. The summed E-state index contributed by atoms with van der Waals surface area (Å²) in [7, 11) is 0. The van der Waals surface area contributed by atoms with Crippen molar-refractivity contribution in [2.75, 3.05) is 0 Å². The molecule has 0 radical (unpaired) electrons. The fraction of sp³-hybridized carbons (Fsp3) is 0.0667. The number of nitrogens with one attached hydrogen (secondary N) is 1. The average molecular weight is 266 g/mol. The Morgan fingerprint density at radius 1 is 1.11 bits per heavy atom. The predicted molar refractivity (Wildman–Crippen MR) is 80.0 cm³/mol. The lowest BCUT2D eigenvalue weighted by Gasteiger charge is -2.02. The maximum atomic E-state index is 12.7. The molecule has 19 heavy (non-hydrogen) atoms. The summed E-state index contributed by atoms with van der Waals surface area (Å²) in [6.07, 6.45) is 0. The van der Waals surface area contributed by atoms with Gasteiger partial charge in [-0.2, -0.15) is 0 Å². The summed E-state index contributed by atoms with van der Waals surface area (Å²) >= 11 is 1.62. The SMILES string of the molecule is Cc1nc2c(ccc3[nH]c4ccccc4c(=O)c32)s1. The zero-order valence-electron chi connectivity index (χ0n) is 10.2. The molecule has 4 aromatic rings. The van der Waals surface area contributed by atoms with Crippen LogP contribution in [0.5, 0.6) is 0 Å². The summed E-state index contributed by atoms with van der Waals surface area (Å²) < 4.78 is 1.06. The molecule has 0 atom stereocenters. The standard InChI is InChI=1S/C15H10N2OS/c1-8-16-14-12(19-8)7-6-11-13(14)15(18)9-4-2-3-5-10(9)17-11/h2-7H,1H3,(H,17,18). The topological polar surface area (TPSA) is 45.8 Å². The zero-order chi connectivity index (χ0) is 13.0. The first kappa shape index (κ1) is 10.7. The van der Waals surface area contributed by atoms with E-state index in [0.717, 1.165) is 26.3 Å². The highest BCUT2D eigenvalue weighted by Crippen LogP contribution is 2.27. The number of thiazole rings is 1. The molecule has 0 saturated heterocycles. The van der Waals surface area contributed by atoms with Crippen molar-refractivity contribution >= 4 is 43.4 Å². The number of pyridine rings is 1. The largest absolute Gasteiger partial charge is 0.354 e. The van der Waals surface area contributed by atoms with Crippen molar-refractivity contribution < 1.29 is 0 Å². The summed E-state index contributed by atoms with van der Waals surface area (Å²) in [6.45, 7) is 1.96. The van der Waals surface area contributed by atoms with E-state index in [1.807, 2.05) is 43.3 Å². The van der Waals surface area contributed by atoms with Crippen molar-refractivity contribution in [3.8, 4) is 0 Å². The molecule has 0 unspecified atom stereocenters. The molecule has 2 heterocycles. The second-order valence-corrected chi connectivity index (χ2v) is 5.80. The number of aryl methyl sites for hydroxylation is 1. The van der Waals surface area contributed by atoms with E-state index < -0.39 is 0 Å². The van der Waals surface area contributed by atoms with Crippen LogP contribution in [0.4, 0.5) is 0 Å². The van der Waals surface area contributed by atoms with Crippen molar-refractivity contribution in [1.29, 1.82) is 0 Å². The molecule has 0 aliphatic carbocycles. The van der Waals surface area contributed by atoms with Gasteiger partial charge in [0.25, 0.3) is 0 Å². The summed E-state index contributed by atoms with van der Waals surface area (Å²) in [4.78, 5) is 20.5. The number of hydrogen-bond donors (Lipinski definition) is 1. The number of hydrogen-bond acceptors (Lipinski definition) is 3. The number of fused-ring (bicyclic) bond motifs is 4. The van der Waals surface area contributed by atoms with E-state index >= 15 is 0 Å². The number of aromatic amines is 1. The Morgan fingerprint density at radius 3 is 2.84 bits per heavy atom. The molecule has 2 aromatic heterocycles. The van der Waals surface area contributed by atoms with Gasteiger partial charge in [-0.3, -0.25) is 4.79 Å². The number of aromatic nitrogens is 2. The lowest BCUT2D eigenvalue weighted by molar-refractivity contribution is 1.35.